The van der Waals surface area contributed by atoms with Crippen LogP contribution in [0.3, 0.4) is 0 Å². The number of para-hydroxylation sites is 1. The van der Waals surface area contributed by atoms with Crippen LogP contribution in [0.25, 0.3) is 21.9 Å². The minimum absolute atomic E-state index is 0.473. The first-order chi connectivity index (χ1) is 13.1. The van der Waals surface area contributed by atoms with E-state index in [4.69, 9.17) is 15.6 Å². The van der Waals surface area contributed by atoms with Gasteiger partial charge in [0.1, 0.15) is 23.5 Å². The summed E-state index contributed by atoms with van der Waals surface area (Å²) < 4.78 is 1.92. The molecule has 0 spiro atoms. The minimum atomic E-state index is 0.473. The van der Waals surface area contributed by atoms with E-state index in [0.717, 1.165) is 59.4 Å². The van der Waals surface area contributed by atoms with Crippen LogP contribution < -0.4 is 10.6 Å². The number of hydrogen-bond acceptors (Lipinski definition) is 4. The highest BCUT2D eigenvalue weighted by Crippen LogP contribution is 2.28. The molecule has 3 aromatic rings. The number of fused-ring (bicyclic) bond motifs is 3. The second-order valence-corrected chi connectivity index (χ2v) is 7.71. The topological polar surface area (TPSA) is 66.0 Å². The van der Waals surface area contributed by atoms with Crippen molar-refractivity contribution < 1.29 is 4.84 Å². The van der Waals surface area contributed by atoms with Gasteiger partial charge in [0.05, 0.1) is 5.52 Å². The molecular formula is C22H32N4O. The number of aromatic nitrogens is 3. The third kappa shape index (κ3) is 4.52. The lowest BCUT2D eigenvalue weighted by atomic mass is 10.1. The molecule has 0 amide bonds. The van der Waals surface area contributed by atoms with Gasteiger partial charge in [0.25, 0.3) is 0 Å². The van der Waals surface area contributed by atoms with Gasteiger partial charge in [-0.25, -0.2) is 9.97 Å². The molecule has 5 nitrogen and oxygen atoms in total. The van der Waals surface area contributed by atoms with Crippen molar-refractivity contribution in [3.63, 3.8) is 0 Å². The van der Waals surface area contributed by atoms with Gasteiger partial charge in [-0.3, -0.25) is 0 Å². The lowest BCUT2D eigenvalue weighted by Gasteiger charge is -2.12. The summed E-state index contributed by atoms with van der Waals surface area (Å²) in [6.07, 6.45) is 7.86. The number of anilines is 1. The number of aryl methyl sites for hydroxylation is 1. The molecule has 0 saturated carbocycles. The molecule has 1 aromatic carbocycles. The summed E-state index contributed by atoms with van der Waals surface area (Å²) in [5, 5.41) is 1.04. The van der Waals surface area contributed by atoms with Crippen LogP contribution in [0.1, 0.15) is 65.1 Å². The molecular weight excluding hydrogens is 336 g/mol. The molecule has 146 valence electrons. The average molecular weight is 369 g/mol. The number of pyridine rings is 1. The Balaban J connectivity index is 1.88. The number of rotatable bonds is 10. The summed E-state index contributed by atoms with van der Waals surface area (Å²) >= 11 is 0. The van der Waals surface area contributed by atoms with Crippen LogP contribution in [0, 0.1) is 5.92 Å². The fraction of sp³-hybridized carbons (Fsp3) is 0.545. The molecule has 27 heavy (non-hydrogen) atoms. The van der Waals surface area contributed by atoms with E-state index in [1.807, 2.05) is 22.9 Å². The zero-order valence-electron chi connectivity index (χ0n) is 16.9. The summed E-state index contributed by atoms with van der Waals surface area (Å²) in [5.74, 6) is 2.19. The predicted molar refractivity (Wildman–Crippen MR) is 113 cm³/mol. The van der Waals surface area contributed by atoms with Crippen molar-refractivity contribution in [1.29, 1.82) is 0 Å². The van der Waals surface area contributed by atoms with E-state index in [2.05, 4.69) is 31.8 Å². The summed E-state index contributed by atoms with van der Waals surface area (Å²) in [7, 11) is 0. The quantitative estimate of drug-likeness (QED) is 0.502. The van der Waals surface area contributed by atoms with Gasteiger partial charge in [-0.2, -0.15) is 4.73 Å². The van der Waals surface area contributed by atoms with Crippen LogP contribution in [0.5, 0.6) is 0 Å². The zero-order chi connectivity index (χ0) is 19.2. The van der Waals surface area contributed by atoms with E-state index in [9.17, 15) is 0 Å². The summed E-state index contributed by atoms with van der Waals surface area (Å²) in [4.78, 5) is 15.5. The Hall–Kier alpha value is -2.30. The molecule has 0 aliphatic carbocycles. The summed E-state index contributed by atoms with van der Waals surface area (Å²) in [5.41, 5.74) is 8.79. The maximum atomic E-state index is 6.23. The number of benzene rings is 1. The van der Waals surface area contributed by atoms with Crippen LogP contribution in [0.2, 0.25) is 0 Å². The van der Waals surface area contributed by atoms with Crippen molar-refractivity contribution in [1.82, 2.24) is 14.7 Å². The van der Waals surface area contributed by atoms with Crippen molar-refractivity contribution in [2.75, 3.05) is 12.3 Å². The van der Waals surface area contributed by atoms with Crippen LogP contribution in [0.15, 0.2) is 24.3 Å². The second-order valence-electron chi connectivity index (χ2n) is 7.71. The number of unbranched alkanes of at least 4 members (excludes halogenated alkanes) is 3. The molecule has 2 aromatic heterocycles. The molecule has 0 bridgehead atoms. The third-order valence-electron chi connectivity index (χ3n) is 4.95. The van der Waals surface area contributed by atoms with E-state index in [1.54, 1.807) is 0 Å². The van der Waals surface area contributed by atoms with E-state index >= 15 is 0 Å². The Labute approximate surface area is 161 Å². The molecule has 0 saturated heterocycles. The minimum Gasteiger partial charge on any atom is -0.412 e. The predicted octanol–water partition coefficient (Wildman–Crippen LogP) is 5.15. The Morgan fingerprint density at radius 3 is 2.67 bits per heavy atom. The van der Waals surface area contributed by atoms with Gasteiger partial charge in [0.15, 0.2) is 5.82 Å². The molecule has 0 fully saturated rings. The highest BCUT2D eigenvalue weighted by molar-refractivity contribution is 6.06. The molecule has 0 radical (unpaired) electrons. The molecule has 0 atom stereocenters. The highest BCUT2D eigenvalue weighted by Gasteiger charge is 2.18. The van der Waals surface area contributed by atoms with Crippen LogP contribution in [-0.2, 0) is 6.42 Å². The summed E-state index contributed by atoms with van der Waals surface area (Å²) in [6, 6.07) is 8.06. The van der Waals surface area contributed by atoms with Gasteiger partial charge in [-0.05, 0) is 31.2 Å². The molecule has 3 rings (SSSR count). The average Bonchev–Trinajstić information content (AvgIpc) is 3.02. The normalized spacial score (nSPS) is 11.7. The molecule has 0 aliphatic rings. The van der Waals surface area contributed by atoms with E-state index in [0.29, 0.717) is 12.4 Å². The maximum Gasteiger partial charge on any atom is 0.152 e. The lowest BCUT2D eigenvalue weighted by molar-refractivity contribution is 0.108. The van der Waals surface area contributed by atoms with Crippen LogP contribution in [0.4, 0.5) is 5.82 Å². The Bertz CT molecular complexity index is 885. The number of nitrogen functional groups attached to an aromatic ring is 1. The molecule has 0 unspecified atom stereocenters. The van der Waals surface area contributed by atoms with E-state index in [1.165, 1.54) is 19.3 Å². The molecule has 2 heterocycles. The third-order valence-corrected chi connectivity index (χ3v) is 4.95. The lowest BCUT2D eigenvalue weighted by Crippen LogP contribution is -2.16. The highest BCUT2D eigenvalue weighted by atomic mass is 16.7. The maximum absolute atomic E-state index is 6.23. The number of imidazole rings is 1. The monoisotopic (exact) mass is 368 g/mol. The van der Waals surface area contributed by atoms with Gasteiger partial charge in [0.2, 0.25) is 0 Å². The smallest absolute Gasteiger partial charge is 0.152 e. The Kier molecular flexibility index (Phi) is 6.54. The van der Waals surface area contributed by atoms with Gasteiger partial charge < -0.3 is 10.6 Å². The first kappa shape index (κ1) is 19.5. The van der Waals surface area contributed by atoms with Gasteiger partial charge >= 0.3 is 0 Å². The first-order valence-electron chi connectivity index (χ1n) is 10.3. The second kappa shape index (κ2) is 9.07. The summed E-state index contributed by atoms with van der Waals surface area (Å²) in [6.45, 7) is 7.43. The van der Waals surface area contributed by atoms with Gasteiger partial charge in [0, 0.05) is 11.8 Å². The van der Waals surface area contributed by atoms with Crippen LogP contribution >= 0.6 is 0 Å². The number of nitrogens with two attached hydrogens (primary N) is 1. The zero-order valence-corrected chi connectivity index (χ0v) is 16.9. The van der Waals surface area contributed by atoms with E-state index < -0.39 is 0 Å². The fourth-order valence-electron chi connectivity index (χ4n) is 3.44. The Morgan fingerprint density at radius 1 is 1.07 bits per heavy atom. The molecule has 0 aliphatic heterocycles. The number of nitrogens with zero attached hydrogens (tertiary/aromatic N) is 3. The van der Waals surface area contributed by atoms with Gasteiger partial charge in [-0.1, -0.05) is 58.2 Å². The standard InChI is InChI=1S/C22H32N4O/c1-4-5-14-19-25-20-21(17-12-8-9-13-18(17)24-22(20)23)26(19)27-15-10-6-7-11-16(2)3/h8-9,12-13,16H,4-7,10-11,14-15H2,1-3H3,(H2,23,24). The Morgan fingerprint density at radius 2 is 1.89 bits per heavy atom. The number of hydrogen-bond donors (Lipinski definition) is 1. The van der Waals surface area contributed by atoms with Crippen molar-refractivity contribution in [3.8, 4) is 0 Å². The van der Waals surface area contributed by atoms with Crippen molar-refractivity contribution in [2.24, 2.45) is 5.92 Å². The molecule has 5 heteroatoms. The van der Waals surface area contributed by atoms with Crippen LogP contribution in [-0.4, -0.2) is 21.3 Å². The first-order valence-corrected chi connectivity index (χ1v) is 10.3. The van der Waals surface area contributed by atoms with Crippen molar-refractivity contribution in [3.05, 3.63) is 30.1 Å². The van der Waals surface area contributed by atoms with E-state index in [-0.39, 0.29) is 0 Å². The SMILES string of the molecule is CCCCc1nc2c(N)nc3ccccc3c2n1OCCCCCC(C)C. The van der Waals surface area contributed by atoms with Crippen molar-refractivity contribution >= 4 is 27.8 Å². The largest absolute Gasteiger partial charge is 0.412 e. The van der Waals surface area contributed by atoms with Crippen molar-refractivity contribution in [2.45, 2.75) is 65.7 Å². The fourth-order valence-corrected chi connectivity index (χ4v) is 3.44. The van der Waals surface area contributed by atoms with Gasteiger partial charge in [-0.15, -0.1) is 0 Å². The molecule has 2 N–H and O–H groups in total.